The van der Waals surface area contributed by atoms with Gasteiger partial charge in [0.25, 0.3) is 0 Å². The Balaban J connectivity index is 3.89. The molecule has 0 aromatic heterocycles. The number of hydrogen-bond acceptors (Lipinski definition) is 3. The molecule has 0 aliphatic carbocycles. The topological polar surface area (TPSA) is 55.6 Å². The van der Waals surface area contributed by atoms with Crippen molar-refractivity contribution in [2.24, 2.45) is 11.7 Å². The zero-order chi connectivity index (χ0) is 12.0. The minimum atomic E-state index is -0.408. The summed E-state index contributed by atoms with van der Waals surface area (Å²) in [5.41, 5.74) is 5.76. The highest BCUT2D eigenvalue weighted by Gasteiger charge is 2.20. The predicted octanol–water partition coefficient (Wildman–Crippen LogP) is 0.853. The smallest absolute Gasteiger partial charge is 0.239 e. The first-order valence-corrected chi connectivity index (χ1v) is 5.48. The van der Waals surface area contributed by atoms with Gasteiger partial charge in [-0.2, -0.15) is 0 Å². The summed E-state index contributed by atoms with van der Waals surface area (Å²) in [6.45, 7) is 8.99. The molecule has 0 bridgehead atoms. The van der Waals surface area contributed by atoms with Gasteiger partial charge in [-0.3, -0.25) is 4.79 Å². The number of nitrogens with zero attached hydrogens (tertiary/aromatic N) is 1. The summed E-state index contributed by atoms with van der Waals surface area (Å²) in [4.78, 5) is 13.3. The standard InChI is InChI=1S/C11H24N2O2/c1-8(2)10(12)11(14)13(5)6-7-15-9(3)4/h8-10H,6-7,12H2,1-5H3/t10-/m0/s1. The normalized spacial score (nSPS) is 13.3. The van der Waals surface area contributed by atoms with Gasteiger partial charge in [0.2, 0.25) is 5.91 Å². The van der Waals surface area contributed by atoms with Crippen molar-refractivity contribution in [1.82, 2.24) is 4.90 Å². The van der Waals surface area contributed by atoms with Crippen molar-refractivity contribution in [1.29, 1.82) is 0 Å². The number of hydrogen-bond donors (Lipinski definition) is 1. The number of amides is 1. The average molecular weight is 216 g/mol. The van der Waals surface area contributed by atoms with Crippen molar-refractivity contribution >= 4 is 5.91 Å². The van der Waals surface area contributed by atoms with Crippen LogP contribution in [-0.4, -0.2) is 43.2 Å². The Labute approximate surface area is 92.8 Å². The van der Waals surface area contributed by atoms with Gasteiger partial charge in [-0.15, -0.1) is 0 Å². The van der Waals surface area contributed by atoms with Crippen LogP contribution in [-0.2, 0) is 9.53 Å². The summed E-state index contributed by atoms with van der Waals surface area (Å²) in [6.07, 6.45) is 0.201. The number of likely N-dealkylation sites (N-methyl/N-ethyl adjacent to an activating group) is 1. The molecular formula is C11H24N2O2. The first-order chi connectivity index (χ1) is 6.86. The van der Waals surface area contributed by atoms with Gasteiger partial charge in [0.05, 0.1) is 18.8 Å². The van der Waals surface area contributed by atoms with Gasteiger partial charge < -0.3 is 15.4 Å². The molecule has 4 heteroatoms. The molecule has 0 heterocycles. The highest BCUT2D eigenvalue weighted by molar-refractivity contribution is 5.81. The van der Waals surface area contributed by atoms with Gasteiger partial charge in [-0.1, -0.05) is 13.8 Å². The molecular weight excluding hydrogens is 192 g/mol. The van der Waals surface area contributed by atoms with Gasteiger partial charge in [0.15, 0.2) is 0 Å². The van der Waals surface area contributed by atoms with E-state index in [4.69, 9.17) is 10.5 Å². The van der Waals surface area contributed by atoms with Crippen molar-refractivity contribution in [3.63, 3.8) is 0 Å². The Morgan fingerprint density at radius 1 is 1.33 bits per heavy atom. The molecule has 0 aromatic rings. The van der Waals surface area contributed by atoms with Gasteiger partial charge in [-0.25, -0.2) is 0 Å². The Morgan fingerprint density at radius 2 is 1.87 bits per heavy atom. The van der Waals surface area contributed by atoms with E-state index >= 15 is 0 Å². The second kappa shape index (κ2) is 6.80. The van der Waals surface area contributed by atoms with E-state index < -0.39 is 6.04 Å². The molecule has 0 aromatic carbocycles. The van der Waals surface area contributed by atoms with Crippen molar-refractivity contribution in [2.75, 3.05) is 20.2 Å². The fourth-order valence-corrected chi connectivity index (χ4v) is 1.08. The van der Waals surface area contributed by atoms with Crippen LogP contribution in [0, 0.1) is 5.92 Å². The lowest BCUT2D eigenvalue weighted by molar-refractivity contribution is -0.133. The van der Waals surface area contributed by atoms with E-state index in [1.54, 1.807) is 11.9 Å². The van der Waals surface area contributed by atoms with Crippen LogP contribution in [0.5, 0.6) is 0 Å². The summed E-state index contributed by atoms with van der Waals surface area (Å²) in [6, 6.07) is -0.408. The zero-order valence-corrected chi connectivity index (χ0v) is 10.5. The maximum Gasteiger partial charge on any atom is 0.239 e. The molecule has 0 rings (SSSR count). The van der Waals surface area contributed by atoms with E-state index in [0.717, 1.165) is 0 Å². The second-order valence-electron chi connectivity index (χ2n) is 4.45. The van der Waals surface area contributed by atoms with Gasteiger partial charge in [0, 0.05) is 13.6 Å². The molecule has 1 amide bonds. The fourth-order valence-electron chi connectivity index (χ4n) is 1.08. The SMILES string of the molecule is CC(C)OCCN(C)C(=O)[C@@H](N)C(C)C. The molecule has 0 fully saturated rings. The number of ether oxygens (including phenoxy) is 1. The van der Waals surface area contributed by atoms with Crippen LogP contribution < -0.4 is 5.73 Å². The predicted molar refractivity (Wildman–Crippen MR) is 61.5 cm³/mol. The lowest BCUT2D eigenvalue weighted by Gasteiger charge is -2.23. The van der Waals surface area contributed by atoms with Crippen molar-refractivity contribution < 1.29 is 9.53 Å². The molecule has 2 N–H and O–H groups in total. The summed E-state index contributed by atoms with van der Waals surface area (Å²) in [5, 5.41) is 0. The Hall–Kier alpha value is -0.610. The molecule has 1 atom stereocenters. The van der Waals surface area contributed by atoms with E-state index in [1.165, 1.54) is 0 Å². The number of carbonyl (C=O) groups excluding carboxylic acids is 1. The van der Waals surface area contributed by atoms with Crippen molar-refractivity contribution in [3.8, 4) is 0 Å². The largest absolute Gasteiger partial charge is 0.377 e. The van der Waals surface area contributed by atoms with Gasteiger partial charge in [-0.05, 0) is 19.8 Å². The minimum Gasteiger partial charge on any atom is -0.377 e. The van der Waals surface area contributed by atoms with Crippen LogP contribution in [0.25, 0.3) is 0 Å². The summed E-state index contributed by atoms with van der Waals surface area (Å²) < 4.78 is 5.37. The molecule has 15 heavy (non-hydrogen) atoms. The third-order valence-electron chi connectivity index (χ3n) is 2.26. The van der Waals surface area contributed by atoms with E-state index in [-0.39, 0.29) is 17.9 Å². The fraction of sp³-hybridized carbons (Fsp3) is 0.909. The van der Waals surface area contributed by atoms with Crippen molar-refractivity contribution in [3.05, 3.63) is 0 Å². The second-order valence-corrected chi connectivity index (χ2v) is 4.45. The Bertz CT molecular complexity index is 193. The van der Waals surface area contributed by atoms with Crippen LogP contribution >= 0.6 is 0 Å². The molecule has 0 aliphatic heterocycles. The maximum atomic E-state index is 11.7. The molecule has 0 aliphatic rings. The van der Waals surface area contributed by atoms with Crippen LogP contribution in [0.15, 0.2) is 0 Å². The zero-order valence-electron chi connectivity index (χ0n) is 10.5. The first-order valence-electron chi connectivity index (χ1n) is 5.48. The highest BCUT2D eigenvalue weighted by Crippen LogP contribution is 2.02. The first kappa shape index (κ1) is 14.4. The maximum absolute atomic E-state index is 11.7. The molecule has 4 nitrogen and oxygen atoms in total. The average Bonchev–Trinajstić information content (AvgIpc) is 2.14. The third kappa shape index (κ3) is 5.74. The quantitative estimate of drug-likeness (QED) is 0.716. The highest BCUT2D eigenvalue weighted by atomic mass is 16.5. The van der Waals surface area contributed by atoms with E-state index in [9.17, 15) is 4.79 Å². The van der Waals surface area contributed by atoms with Crippen LogP contribution in [0.3, 0.4) is 0 Å². The van der Waals surface area contributed by atoms with E-state index in [2.05, 4.69) is 0 Å². The number of nitrogens with two attached hydrogens (primary N) is 1. The summed E-state index contributed by atoms with van der Waals surface area (Å²) in [7, 11) is 1.76. The molecule has 0 radical (unpaired) electrons. The third-order valence-corrected chi connectivity index (χ3v) is 2.26. The Kier molecular flexibility index (Phi) is 6.52. The lowest BCUT2D eigenvalue weighted by Crippen LogP contribution is -2.45. The number of rotatable bonds is 6. The van der Waals surface area contributed by atoms with Gasteiger partial charge >= 0.3 is 0 Å². The summed E-state index contributed by atoms with van der Waals surface area (Å²) in [5.74, 6) is 0.156. The summed E-state index contributed by atoms with van der Waals surface area (Å²) >= 11 is 0. The molecule has 0 saturated heterocycles. The van der Waals surface area contributed by atoms with Crippen LogP contribution in [0.1, 0.15) is 27.7 Å². The van der Waals surface area contributed by atoms with Crippen LogP contribution in [0.4, 0.5) is 0 Å². The van der Waals surface area contributed by atoms with Crippen molar-refractivity contribution in [2.45, 2.75) is 39.8 Å². The molecule has 0 unspecified atom stereocenters. The van der Waals surface area contributed by atoms with E-state index in [1.807, 2.05) is 27.7 Å². The molecule has 0 spiro atoms. The monoisotopic (exact) mass is 216 g/mol. The van der Waals surface area contributed by atoms with Gasteiger partial charge in [0.1, 0.15) is 0 Å². The Morgan fingerprint density at radius 3 is 2.27 bits per heavy atom. The van der Waals surface area contributed by atoms with E-state index in [0.29, 0.717) is 13.2 Å². The lowest BCUT2D eigenvalue weighted by atomic mass is 10.0. The molecule has 0 saturated carbocycles. The minimum absolute atomic E-state index is 0.0163. The molecule has 90 valence electrons. The number of carbonyl (C=O) groups is 1. The van der Waals surface area contributed by atoms with Crippen LogP contribution in [0.2, 0.25) is 0 Å².